The molecule has 0 saturated heterocycles. The molecular formula is C18H22N4O4S2. The van der Waals surface area contributed by atoms with Crippen LogP contribution in [0.15, 0.2) is 53.4 Å². The molecule has 0 bridgehead atoms. The molecule has 0 fully saturated rings. The lowest BCUT2D eigenvalue weighted by Gasteiger charge is -2.12. The Morgan fingerprint density at radius 2 is 1.82 bits per heavy atom. The van der Waals surface area contributed by atoms with Crippen molar-refractivity contribution in [2.45, 2.75) is 18.2 Å². The summed E-state index contributed by atoms with van der Waals surface area (Å²) in [7, 11) is -2.34. The van der Waals surface area contributed by atoms with Gasteiger partial charge in [-0.2, -0.15) is 0 Å². The lowest BCUT2D eigenvalue weighted by molar-refractivity contribution is 0.0943. The van der Waals surface area contributed by atoms with Crippen molar-refractivity contribution < 1.29 is 17.9 Å². The van der Waals surface area contributed by atoms with Gasteiger partial charge in [0.15, 0.2) is 5.11 Å². The fourth-order valence-corrected chi connectivity index (χ4v) is 3.40. The van der Waals surface area contributed by atoms with E-state index >= 15 is 0 Å². The van der Waals surface area contributed by atoms with Crippen LogP contribution in [0.4, 0.5) is 5.69 Å². The Morgan fingerprint density at radius 3 is 2.46 bits per heavy atom. The van der Waals surface area contributed by atoms with Crippen LogP contribution in [0.2, 0.25) is 0 Å². The Morgan fingerprint density at radius 1 is 1.11 bits per heavy atom. The van der Waals surface area contributed by atoms with E-state index in [1.807, 2.05) is 6.92 Å². The number of nitrogens with one attached hydrogen (secondary N) is 4. The first-order chi connectivity index (χ1) is 13.4. The molecule has 28 heavy (non-hydrogen) atoms. The highest BCUT2D eigenvalue weighted by Gasteiger charge is 2.16. The van der Waals surface area contributed by atoms with Crippen molar-refractivity contribution in [2.24, 2.45) is 0 Å². The van der Waals surface area contributed by atoms with Crippen LogP contribution in [0, 0.1) is 0 Å². The number of hydrogen-bond acceptors (Lipinski definition) is 5. The van der Waals surface area contributed by atoms with Gasteiger partial charge in [0.05, 0.1) is 12.0 Å². The molecule has 0 aliphatic rings. The first-order valence-corrected chi connectivity index (χ1v) is 10.4. The zero-order valence-electron chi connectivity index (χ0n) is 15.5. The fraction of sp³-hybridized carbons (Fsp3) is 0.222. The second-order valence-corrected chi connectivity index (χ2v) is 7.79. The third-order valence-corrected chi connectivity index (χ3v) is 5.20. The van der Waals surface area contributed by atoms with E-state index in [0.717, 1.165) is 6.42 Å². The van der Waals surface area contributed by atoms with Gasteiger partial charge in [0, 0.05) is 17.8 Å². The van der Waals surface area contributed by atoms with E-state index in [2.05, 4.69) is 20.9 Å². The van der Waals surface area contributed by atoms with E-state index in [0.29, 0.717) is 18.0 Å². The van der Waals surface area contributed by atoms with Crippen molar-refractivity contribution in [3.8, 4) is 5.75 Å². The van der Waals surface area contributed by atoms with Crippen LogP contribution in [0.1, 0.15) is 23.7 Å². The number of hydrazine groups is 1. The SMILES string of the molecule is CCCNC(=S)NNC(=O)c1cccc(S(=O)(=O)Nc2ccc(OC)cc2)c1. The molecule has 10 heteroatoms. The molecule has 1 amide bonds. The van der Waals surface area contributed by atoms with E-state index in [1.54, 1.807) is 24.3 Å². The van der Waals surface area contributed by atoms with Gasteiger partial charge in [-0.3, -0.25) is 20.4 Å². The number of carbonyl (C=O) groups is 1. The molecule has 0 unspecified atom stereocenters. The monoisotopic (exact) mass is 422 g/mol. The number of benzene rings is 2. The second-order valence-electron chi connectivity index (χ2n) is 5.70. The number of ether oxygens (including phenoxy) is 1. The van der Waals surface area contributed by atoms with E-state index in [4.69, 9.17) is 17.0 Å². The summed E-state index contributed by atoms with van der Waals surface area (Å²) in [5.74, 6) is 0.0996. The van der Waals surface area contributed by atoms with Gasteiger partial charge in [0.1, 0.15) is 5.75 Å². The predicted octanol–water partition coefficient (Wildman–Crippen LogP) is 2.01. The zero-order valence-corrected chi connectivity index (χ0v) is 17.1. The average Bonchev–Trinajstić information content (AvgIpc) is 2.70. The Labute approximate surface area is 169 Å². The van der Waals surface area contributed by atoms with Gasteiger partial charge in [-0.25, -0.2) is 8.42 Å². The Balaban J connectivity index is 2.07. The molecule has 2 aromatic carbocycles. The third kappa shape index (κ3) is 6.10. The number of thiocarbonyl (C=S) groups is 1. The van der Waals surface area contributed by atoms with E-state index in [1.165, 1.54) is 31.4 Å². The van der Waals surface area contributed by atoms with Gasteiger partial charge >= 0.3 is 0 Å². The number of methoxy groups -OCH3 is 1. The number of carbonyl (C=O) groups excluding carboxylic acids is 1. The van der Waals surface area contributed by atoms with E-state index in [9.17, 15) is 13.2 Å². The number of anilines is 1. The molecule has 2 aromatic rings. The highest BCUT2D eigenvalue weighted by Crippen LogP contribution is 2.20. The largest absolute Gasteiger partial charge is 0.497 e. The summed E-state index contributed by atoms with van der Waals surface area (Å²) >= 11 is 5.01. The topological polar surface area (TPSA) is 109 Å². The van der Waals surface area contributed by atoms with Crippen LogP contribution in [0.25, 0.3) is 0 Å². The van der Waals surface area contributed by atoms with Crippen LogP contribution in [0.5, 0.6) is 5.75 Å². The Hall–Kier alpha value is -2.85. The number of rotatable bonds is 7. The van der Waals surface area contributed by atoms with Crippen LogP contribution in [-0.4, -0.2) is 33.1 Å². The Bertz CT molecular complexity index is 931. The van der Waals surface area contributed by atoms with Crippen LogP contribution < -0.4 is 25.6 Å². The molecule has 0 atom stereocenters. The van der Waals surface area contributed by atoms with Crippen molar-refractivity contribution in [2.75, 3.05) is 18.4 Å². The van der Waals surface area contributed by atoms with Crippen LogP contribution >= 0.6 is 12.2 Å². The molecule has 0 spiro atoms. The summed E-state index contributed by atoms with van der Waals surface area (Å²) in [6, 6.07) is 12.1. The van der Waals surface area contributed by atoms with Crippen molar-refractivity contribution in [3.05, 3.63) is 54.1 Å². The van der Waals surface area contributed by atoms with E-state index < -0.39 is 15.9 Å². The van der Waals surface area contributed by atoms with Gasteiger partial charge in [-0.15, -0.1) is 0 Å². The lowest BCUT2D eigenvalue weighted by atomic mass is 10.2. The third-order valence-electron chi connectivity index (χ3n) is 3.57. The molecule has 2 rings (SSSR count). The maximum atomic E-state index is 12.6. The molecule has 0 aliphatic heterocycles. The highest BCUT2D eigenvalue weighted by atomic mass is 32.2. The minimum atomic E-state index is -3.86. The molecule has 4 N–H and O–H groups in total. The average molecular weight is 423 g/mol. The molecule has 0 saturated carbocycles. The first kappa shape index (κ1) is 21.5. The van der Waals surface area contributed by atoms with Crippen LogP contribution in [0.3, 0.4) is 0 Å². The summed E-state index contributed by atoms with van der Waals surface area (Å²) in [5.41, 5.74) is 5.54. The molecule has 0 heterocycles. The predicted molar refractivity (Wildman–Crippen MR) is 112 cm³/mol. The quantitative estimate of drug-likeness (QED) is 0.399. The normalized spacial score (nSPS) is 10.6. The van der Waals surface area contributed by atoms with Crippen molar-refractivity contribution in [3.63, 3.8) is 0 Å². The molecule has 150 valence electrons. The molecule has 0 aliphatic carbocycles. The maximum Gasteiger partial charge on any atom is 0.269 e. The zero-order chi connectivity index (χ0) is 20.6. The van der Waals surface area contributed by atoms with Crippen molar-refractivity contribution >= 4 is 38.9 Å². The van der Waals surface area contributed by atoms with Crippen LogP contribution in [-0.2, 0) is 10.0 Å². The highest BCUT2D eigenvalue weighted by molar-refractivity contribution is 7.92. The summed E-state index contributed by atoms with van der Waals surface area (Å²) < 4.78 is 32.7. The summed E-state index contributed by atoms with van der Waals surface area (Å²) in [6.07, 6.45) is 0.886. The van der Waals surface area contributed by atoms with Gasteiger partial charge < -0.3 is 10.1 Å². The van der Waals surface area contributed by atoms with Gasteiger partial charge in [0.25, 0.3) is 15.9 Å². The maximum absolute atomic E-state index is 12.6. The van der Waals surface area contributed by atoms with Crippen molar-refractivity contribution in [1.82, 2.24) is 16.2 Å². The number of sulfonamides is 1. The van der Waals surface area contributed by atoms with Gasteiger partial charge in [-0.1, -0.05) is 13.0 Å². The fourth-order valence-electron chi connectivity index (χ4n) is 2.15. The molecular weight excluding hydrogens is 400 g/mol. The standard InChI is InChI=1S/C18H22N4O4S2/c1-3-11-19-18(27)21-20-17(23)13-5-4-6-16(12-13)28(24,25)22-14-7-9-15(26-2)10-8-14/h4-10,12,22H,3,11H2,1-2H3,(H,20,23)(H2,19,21,27). The van der Waals surface area contributed by atoms with Gasteiger partial charge in [-0.05, 0) is 61.1 Å². The number of amides is 1. The van der Waals surface area contributed by atoms with Gasteiger partial charge in [0.2, 0.25) is 0 Å². The summed E-state index contributed by atoms with van der Waals surface area (Å²) in [5, 5.41) is 3.18. The van der Waals surface area contributed by atoms with Crippen molar-refractivity contribution in [1.29, 1.82) is 0 Å². The Kier molecular flexibility index (Phi) is 7.59. The minimum Gasteiger partial charge on any atom is -0.497 e. The summed E-state index contributed by atoms with van der Waals surface area (Å²) in [4.78, 5) is 12.2. The first-order valence-electron chi connectivity index (χ1n) is 8.47. The van der Waals surface area contributed by atoms with E-state index in [-0.39, 0.29) is 15.6 Å². The second kappa shape index (κ2) is 9.90. The molecule has 0 aromatic heterocycles. The molecule has 0 radical (unpaired) electrons. The minimum absolute atomic E-state index is 0.0392. The smallest absolute Gasteiger partial charge is 0.269 e. The molecule has 8 nitrogen and oxygen atoms in total. The number of hydrogen-bond donors (Lipinski definition) is 4. The lowest BCUT2D eigenvalue weighted by Crippen LogP contribution is -2.46. The summed E-state index contributed by atoms with van der Waals surface area (Å²) in [6.45, 7) is 2.66.